The summed E-state index contributed by atoms with van der Waals surface area (Å²) >= 11 is 0. The molecule has 0 saturated heterocycles. The lowest BCUT2D eigenvalue weighted by atomic mass is 10.1. The lowest BCUT2D eigenvalue weighted by Gasteiger charge is -2.11. The Kier molecular flexibility index (Phi) is 6.50. The summed E-state index contributed by atoms with van der Waals surface area (Å²) in [5.41, 5.74) is 3.01. The molecule has 6 heteroatoms. The van der Waals surface area contributed by atoms with Crippen molar-refractivity contribution in [2.75, 3.05) is 30.9 Å². The number of rotatable bonds is 9. The number of ether oxygens (including phenoxy) is 1. The van der Waals surface area contributed by atoms with Crippen molar-refractivity contribution in [3.8, 4) is 11.3 Å². The van der Waals surface area contributed by atoms with Crippen LogP contribution in [0.5, 0.6) is 0 Å². The van der Waals surface area contributed by atoms with E-state index < -0.39 is 0 Å². The van der Waals surface area contributed by atoms with Gasteiger partial charge in [0.1, 0.15) is 5.82 Å². The van der Waals surface area contributed by atoms with Crippen LogP contribution in [-0.4, -0.2) is 35.2 Å². The van der Waals surface area contributed by atoms with Crippen LogP contribution in [0.25, 0.3) is 11.3 Å². The molecule has 6 nitrogen and oxygen atoms in total. The first-order valence-electron chi connectivity index (χ1n) is 8.65. The molecule has 26 heavy (non-hydrogen) atoms. The summed E-state index contributed by atoms with van der Waals surface area (Å²) in [5.74, 6) is 1.38. The quantitative estimate of drug-likeness (QED) is 0.575. The molecule has 0 spiro atoms. The summed E-state index contributed by atoms with van der Waals surface area (Å²) in [6.07, 6.45) is 4.51. The highest BCUT2D eigenvalue weighted by molar-refractivity contribution is 5.64. The average molecular weight is 349 g/mol. The number of benzene rings is 1. The highest BCUT2D eigenvalue weighted by Crippen LogP contribution is 2.21. The van der Waals surface area contributed by atoms with Gasteiger partial charge in [-0.05, 0) is 18.1 Å². The zero-order valence-corrected chi connectivity index (χ0v) is 14.9. The maximum atomic E-state index is 5.09. The Hall–Kier alpha value is -2.99. The van der Waals surface area contributed by atoms with Gasteiger partial charge in [-0.25, -0.2) is 4.98 Å². The molecule has 2 aromatic heterocycles. The van der Waals surface area contributed by atoms with E-state index in [1.807, 2.05) is 54.7 Å². The molecule has 0 aliphatic carbocycles. The second-order valence-electron chi connectivity index (χ2n) is 5.82. The lowest BCUT2D eigenvalue weighted by molar-refractivity contribution is 0.198. The first-order chi connectivity index (χ1) is 12.8. The summed E-state index contributed by atoms with van der Waals surface area (Å²) in [6.45, 7) is 2.13. The molecule has 0 unspecified atom stereocenters. The number of anilines is 2. The van der Waals surface area contributed by atoms with Crippen LogP contribution in [-0.2, 0) is 11.3 Å². The minimum absolute atomic E-state index is 0.587. The third-order valence-electron chi connectivity index (χ3n) is 3.80. The maximum absolute atomic E-state index is 5.09. The third-order valence-corrected chi connectivity index (χ3v) is 3.80. The van der Waals surface area contributed by atoms with Gasteiger partial charge in [0.05, 0.1) is 5.69 Å². The summed E-state index contributed by atoms with van der Waals surface area (Å²) in [4.78, 5) is 13.4. The Balaban J connectivity index is 1.77. The average Bonchev–Trinajstić information content (AvgIpc) is 2.71. The molecule has 0 atom stereocenters. The van der Waals surface area contributed by atoms with Crippen molar-refractivity contribution < 1.29 is 4.74 Å². The van der Waals surface area contributed by atoms with Crippen molar-refractivity contribution >= 4 is 11.8 Å². The van der Waals surface area contributed by atoms with Crippen molar-refractivity contribution in [1.29, 1.82) is 0 Å². The molecule has 2 heterocycles. The number of aromatic nitrogens is 3. The molecule has 134 valence electrons. The van der Waals surface area contributed by atoms with Gasteiger partial charge in [-0.15, -0.1) is 0 Å². The highest BCUT2D eigenvalue weighted by Gasteiger charge is 2.07. The van der Waals surface area contributed by atoms with E-state index in [0.29, 0.717) is 12.5 Å². The van der Waals surface area contributed by atoms with Crippen molar-refractivity contribution in [1.82, 2.24) is 15.0 Å². The maximum Gasteiger partial charge on any atom is 0.225 e. The second-order valence-corrected chi connectivity index (χ2v) is 5.82. The van der Waals surface area contributed by atoms with E-state index in [9.17, 15) is 0 Å². The van der Waals surface area contributed by atoms with E-state index in [2.05, 4.69) is 25.6 Å². The largest absolute Gasteiger partial charge is 0.385 e. The minimum atomic E-state index is 0.587. The van der Waals surface area contributed by atoms with E-state index in [1.54, 1.807) is 13.3 Å². The van der Waals surface area contributed by atoms with Gasteiger partial charge in [-0.1, -0.05) is 36.4 Å². The molecular weight excluding hydrogens is 326 g/mol. The molecule has 3 rings (SSSR count). The zero-order valence-electron chi connectivity index (χ0n) is 14.9. The molecule has 0 aliphatic rings. The monoisotopic (exact) mass is 349 g/mol. The van der Waals surface area contributed by atoms with Gasteiger partial charge < -0.3 is 15.4 Å². The fraction of sp³-hybridized carbons (Fsp3) is 0.250. The van der Waals surface area contributed by atoms with Crippen molar-refractivity contribution in [3.63, 3.8) is 0 Å². The van der Waals surface area contributed by atoms with Crippen LogP contribution >= 0.6 is 0 Å². The first kappa shape index (κ1) is 17.8. The Morgan fingerprint density at radius 2 is 1.88 bits per heavy atom. The molecule has 3 aromatic rings. The van der Waals surface area contributed by atoms with Gasteiger partial charge in [0.2, 0.25) is 5.95 Å². The second kappa shape index (κ2) is 9.48. The van der Waals surface area contributed by atoms with Gasteiger partial charge >= 0.3 is 0 Å². The standard InChI is InChI=1S/C20H23N5O/c1-26-12-6-11-22-19-13-18(17-8-3-2-4-9-17)24-20(25-19)23-15-16-7-5-10-21-14-16/h2-5,7-10,13-14H,6,11-12,15H2,1H3,(H2,22,23,24,25). The van der Waals surface area contributed by atoms with Crippen molar-refractivity contribution in [2.24, 2.45) is 0 Å². The van der Waals surface area contributed by atoms with Crippen LogP contribution in [0.3, 0.4) is 0 Å². The lowest BCUT2D eigenvalue weighted by Crippen LogP contribution is -2.10. The predicted octanol–water partition coefficient (Wildman–Crippen LogP) is 3.60. The van der Waals surface area contributed by atoms with Crippen LogP contribution in [0.1, 0.15) is 12.0 Å². The Bertz CT molecular complexity index is 796. The molecular formula is C20H23N5O. The Morgan fingerprint density at radius 3 is 2.65 bits per heavy atom. The minimum Gasteiger partial charge on any atom is -0.385 e. The third kappa shape index (κ3) is 5.26. The molecule has 2 N–H and O–H groups in total. The highest BCUT2D eigenvalue weighted by atomic mass is 16.5. The fourth-order valence-electron chi connectivity index (χ4n) is 2.49. The molecule has 1 aromatic carbocycles. The van der Waals surface area contributed by atoms with Crippen LogP contribution in [0.2, 0.25) is 0 Å². The summed E-state index contributed by atoms with van der Waals surface area (Å²) in [7, 11) is 1.71. The van der Waals surface area contributed by atoms with Gasteiger partial charge in [0, 0.05) is 50.8 Å². The van der Waals surface area contributed by atoms with E-state index in [0.717, 1.165) is 42.2 Å². The number of hydrogen-bond donors (Lipinski definition) is 2. The summed E-state index contributed by atoms with van der Waals surface area (Å²) < 4.78 is 5.09. The number of methoxy groups -OCH3 is 1. The van der Waals surface area contributed by atoms with Crippen molar-refractivity contribution in [2.45, 2.75) is 13.0 Å². The molecule has 0 fully saturated rings. The van der Waals surface area contributed by atoms with Crippen LogP contribution in [0.4, 0.5) is 11.8 Å². The Morgan fingerprint density at radius 1 is 1.00 bits per heavy atom. The molecule has 0 aliphatic heterocycles. The van der Waals surface area contributed by atoms with Crippen LogP contribution < -0.4 is 10.6 Å². The van der Waals surface area contributed by atoms with Crippen LogP contribution in [0.15, 0.2) is 60.9 Å². The molecule has 0 amide bonds. The van der Waals surface area contributed by atoms with Crippen LogP contribution in [0, 0.1) is 0 Å². The summed E-state index contributed by atoms with van der Waals surface area (Å²) in [5, 5.41) is 6.63. The van der Waals surface area contributed by atoms with E-state index >= 15 is 0 Å². The smallest absolute Gasteiger partial charge is 0.225 e. The number of nitrogens with zero attached hydrogens (tertiary/aromatic N) is 3. The number of pyridine rings is 1. The topological polar surface area (TPSA) is 72.0 Å². The normalized spacial score (nSPS) is 10.5. The Labute approximate surface area is 153 Å². The van der Waals surface area contributed by atoms with Crippen molar-refractivity contribution in [3.05, 3.63) is 66.5 Å². The van der Waals surface area contributed by atoms with E-state index in [4.69, 9.17) is 4.74 Å². The first-order valence-corrected chi connectivity index (χ1v) is 8.65. The number of nitrogens with one attached hydrogen (secondary N) is 2. The van der Waals surface area contributed by atoms with E-state index in [1.165, 1.54) is 0 Å². The summed E-state index contributed by atoms with van der Waals surface area (Å²) in [6, 6.07) is 16.0. The van der Waals surface area contributed by atoms with Gasteiger partial charge in [0.15, 0.2) is 0 Å². The fourth-order valence-corrected chi connectivity index (χ4v) is 2.49. The van der Waals surface area contributed by atoms with Gasteiger partial charge in [-0.2, -0.15) is 4.98 Å². The predicted molar refractivity (Wildman–Crippen MR) is 104 cm³/mol. The zero-order chi connectivity index (χ0) is 18.0. The number of hydrogen-bond acceptors (Lipinski definition) is 6. The van der Waals surface area contributed by atoms with Gasteiger partial charge in [-0.3, -0.25) is 4.98 Å². The van der Waals surface area contributed by atoms with Gasteiger partial charge in [0.25, 0.3) is 0 Å². The molecule has 0 saturated carbocycles. The SMILES string of the molecule is COCCCNc1cc(-c2ccccc2)nc(NCc2cccnc2)n1. The molecule has 0 radical (unpaired) electrons. The van der Waals surface area contributed by atoms with E-state index in [-0.39, 0.29) is 0 Å². The molecule has 0 bridgehead atoms.